The number of rotatable bonds is 6. The Morgan fingerprint density at radius 1 is 1.38 bits per heavy atom. The molecule has 0 aromatic heterocycles. The molecule has 0 radical (unpaired) electrons. The Kier molecular flexibility index (Phi) is 5.15. The second-order valence-electron chi connectivity index (χ2n) is 2.95. The summed E-state index contributed by atoms with van der Waals surface area (Å²) < 4.78 is 14.7. The fourth-order valence-corrected chi connectivity index (χ4v) is 0.981. The number of carbonyl (C=O) groups excluding carboxylic acids is 1. The summed E-state index contributed by atoms with van der Waals surface area (Å²) in [5.74, 6) is -0.0208. The molecule has 0 atom stereocenters. The first kappa shape index (κ1) is 12.3. The highest BCUT2D eigenvalue weighted by molar-refractivity contribution is 5.71. The number of carbonyl (C=O) groups is 1. The van der Waals surface area contributed by atoms with Crippen LogP contribution >= 0.6 is 0 Å². The minimum absolute atomic E-state index is 0.0526. The number of nitrogen functional groups attached to an aromatic ring is 1. The number of para-hydroxylation sites is 2. The number of esters is 1. The van der Waals surface area contributed by atoms with E-state index in [0.717, 1.165) is 0 Å². The van der Waals surface area contributed by atoms with Gasteiger partial charge in [0.25, 0.3) is 0 Å². The smallest absolute Gasteiger partial charge is 0.346 e. The van der Waals surface area contributed by atoms with Crippen LogP contribution in [0.1, 0.15) is 6.92 Å². The lowest BCUT2D eigenvalue weighted by Gasteiger charge is -2.08. The van der Waals surface area contributed by atoms with E-state index < -0.39 is 5.97 Å². The molecule has 1 rings (SSSR count). The van der Waals surface area contributed by atoms with Crippen molar-refractivity contribution in [3.63, 3.8) is 0 Å². The van der Waals surface area contributed by atoms with Gasteiger partial charge in [0.05, 0.1) is 5.69 Å². The third-order valence-corrected chi connectivity index (χ3v) is 1.77. The van der Waals surface area contributed by atoms with Crippen LogP contribution < -0.4 is 10.5 Å². The number of ether oxygens (including phenoxy) is 3. The van der Waals surface area contributed by atoms with Crippen molar-refractivity contribution in [2.45, 2.75) is 6.92 Å². The van der Waals surface area contributed by atoms with Crippen molar-refractivity contribution in [3.8, 4) is 5.75 Å². The SMILES string of the molecule is CCOCOC(=O)COc1ccccc1N. The maximum atomic E-state index is 11.1. The highest BCUT2D eigenvalue weighted by Crippen LogP contribution is 2.19. The van der Waals surface area contributed by atoms with Crippen molar-refractivity contribution in [2.75, 3.05) is 25.7 Å². The molecule has 0 heterocycles. The summed E-state index contributed by atoms with van der Waals surface area (Å²) in [5, 5.41) is 0. The van der Waals surface area contributed by atoms with Crippen LogP contribution in [0.15, 0.2) is 24.3 Å². The molecule has 0 amide bonds. The molecule has 5 heteroatoms. The fourth-order valence-electron chi connectivity index (χ4n) is 0.981. The largest absolute Gasteiger partial charge is 0.480 e. The van der Waals surface area contributed by atoms with Crippen LogP contribution in [0.4, 0.5) is 5.69 Å². The Balaban J connectivity index is 2.29. The van der Waals surface area contributed by atoms with E-state index in [1.165, 1.54) is 0 Å². The van der Waals surface area contributed by atoms with E-state index in [-0.39, 0.29) is 13.4 Å². The minimum atomic E-state index is -0.489. The Bertz CT molecular complexity index is 341. The predicted molar refractivity (Wildman–Crippen MR) is 58.9 cm³/mol. The molecule has 0 spiro atoms. The average molecular weight is 225 g/mol. The van der Waals surface area contributed by atoms with Crippen molar-refractivity contribution in [1.82, 2.24) is 0 Å². The van der Waals surface area contributed by atoms with Gasteiger partial charge in [-0.15, -0.1) is 0 Å². The number of hydrogen-bond acceptors (Lipinski definition) is 5. The van der Waals surface area contributed by atoms with Gasteiger partial charge >= 0.3 is 5.97 Å². The molecule has 0 fully saturated rings. The standard InChI is InChI=1S/C11H15NO4/c1-2-14-8-16-11(13)7-15-10-6-4-3-5-9(10)12/h3-6H,2,7-8,12H2,1H3. The molecule has 0 aliphatic heterocycles. The second-order valence-corrected chi connectivity index (χ2v) is 2.95. The Hall–Kier alpha value is -1.75. The molecular weight excluding hydrogens is 210 g/mol. The molecule has 0 saturated carbocycles. The maximum absolute atomic E-state index is 11.1. The van der Waals surface area contributed by atoms with Gasteiger partial charge in [0.1, 0.15) is 5.75 Å². The Morgan fingerprint density at radius 2 is 2.12 bits per heavy atom. The van der Waals surface area contributed by atoms with Crippen molar-refractivity contribution in [2.24, 2.45) is 0 Å². The van der Waals surface area contributed by atoms with Gasteiger partial charge in [0.2, 0.25) is 0 Å². The molecule has 1 aromatic rings. The zero-order valence-electron chi connectivity index (χ0n) is 9.14. The lowest BCUT2D eigenvalue weighted by molar-refractivity contribution is -0.158. The van der Waals surface area contributed by atoms with Crippen molar-refractivity contribution < 1.29 is 19.0 Å². The molecule has 0 aliphatic carbocycles. The van der Waals surface area contributed by atoms with E-state index in [1.54, 1.807) is 24.3 Å². The van der Waals surface area contributed by atoms with Crippen LogP contribution in [0.25, 0.3) is 0 Å². The van der Waals surface area contributed by atoms with E-state index >= 15 is 0 Å². The monoisotopic (exact) mass is 225 g/mol. The van der Waals surface area contributed by atoms with Crippen LogP contribution in [0.5, 0.6) is 5.75 Å². The summed E-state index contributed by atoms with van der Waals surface area (Å²) in [6.45, 7) is 2.08. The summed E-state index contributed by atoms with van der Waals surface area (Å²) >= 11 is 0. The summed E-state index contributed by atoms with van der Waals surface area (Å²) in [7, 11) is 0. The van der Waals surface area contributed by atoms with Gasteiger partial charge in [0, 0.05) is 6.61 Å². The van der Waals surface area contributed by atoms with Crippen LogP contribution in [0, 0.1) is 0 Å². The van der Waals surface area contributed by atoms with Gasteiger partial charge in [-0.3, -0.25) is 0 Å². The molecule has 0 unspecified atom stereocenters. The van der Waals surface area contributed by atoms with E-state index in [9.17, 15) is 4.79 Å². The predicted octanol–water partition coefficient (Wildman–Crippen LogP) is 1.18. The van der Waals surface area contributed by atoms with Gasteiger partial charge in [0.15, 0.2) is 13.4 Å². The third kappa shape index (κ3) is 4.18. The van der Waals surface area contributed by atoms with E-state index in [4.69, 9.17) is 19.9 Å². The highest BCUT2D eigenvalue weighted by atomic mass is 16.7. The second kappa shape index (κ2) is 6.68. The molecular formula is C11H15NO4. The lowest BCUT2D eigenvalue weighted by Crippen LogP contribution is -2.17. The van der Waals surface area contributed by atoms with Gasteiger partial charge in [-0.1, -0.05) is 12.1 Å². The van der Waals surface area contributed by atoms with Gasteiger partial charge in [-0.2, -0.15) is 0 Å². The van der Waals surface area contributed by atoms with Crippen LogP contribution in [-0.4, -0.2) is 26.0 Å². The molecule has 0 saturated heterocycles. The maximum Gasteiger partial charge on any atom is 0.346 e. The zero-order chi connectivity index (χ0) is 11.8. The van der Waals surface area contributed by atoms with E-state index in [2.05, 4.69) is 0 Å². The first-order valence-corrected chi connectivity index (χ1v) is 4.94. The molecule has 5 nitrogen and oxygen atoms in total. The van der Waals surface area contributed by atoms with Crippen LogP contribution in [0.2, 0.25) is 0 Å². The highest BCUT2D eigenvalue weighted by Gasteiger charge is 2.05. The Morgan fingerprint density at radius 3 is 2.81 bits per heavy atom. The Labute approximate surface area is 94.1 Å². The van der Waals surface area contributed by atoms with Gasteiger partial charge < -0.3 is 19.9 Å². The van der Waals surface area contributed by atoms with E-state index in [0.29, 0.717) is 18.0 Å². The topological polar surface area (TPSA) is 70.8 Å². The summed E-state index contributed by atoms with van der Waals surface area (Å²) in [6.07, 6.45) is 0. The van der Waals surface area contributed by atoms with Gasteiger partial charge in [-0.05, 0) is 19.1 Å². The molecule has 16 heavy (non-hydrogen) atoms. The van der Waals surface area contributed by atoms with Crippen LogP contribution in [0.3, 0.4) is 0 Å². The number of hydrogen-bond donors (Lipinski definition) is 1. The number of nitrogens with two attached hydrogens (primary N) is 1. The summed E-state index contributed by atoms with van der Waals surface area (Å²) in [5.41, 5.74) is 6.11. The summed E-state index contributed by atoms with van der Waals surface area (Å²) in [4.78, 5) is 11.1. The van der Waals surface area contributed by atoms with Crippen molar-refractivity contribution in [3.05, 3.63) is 24.3 Å². The average Bonchev–Trinajstić information content (AvgIpc) is 2.28. The van der Waals surface area contributed by atoms with Crippen LogP contribution in [-0.2, 0) is 14.3 Å². The third-order valence-electron chi connectivity index (χ3n) is 1.77. The fraction of sp³-hybridized carbons (Fsp3) is 0.364. The lowest BCUT2D eigenvalue weighted by atomic mass is 10.3. The zero-order valence-corrected chi connectivity index (χ0v) is 9.14. The van der Waals surface area contributed by atoms with Gasteiger partial charge in [-0.25, -0.2) is 4.79 Å². The first-order chi connectivity index (χ1) is 7.74. The quantitative estimate of drug-likeness (QED) is 0.341. The normalized spacial score (nSPS) is 9.81. The molecule has 0 aliphatic rings. The molecule has 1 aromatic carbocycles. The van der Waals surface area contributed by atoms with E-state index in [1.807, 2.05) is 6.92 Å². The summed E-state index contributed by atoms with van der Waals surface area (Å²) in [6, 6.07) is 6.94. The molecule has 2 N–H and O–H groups in total. The number of benzene rings is 1. The van der Waals surface area contributed by atoms with Crippen molar-refractivity contribution >= 4 is 11.7 Å². The molecule has 0 bridgehead atoms. The first-order valence-electron chi connectivity index (χ1n) is 4.94. The molecule has 88 valence electrons. The number of anilines is 1. The minimum Gasteiger partial charge on any atom is -0.480 e. The van der Waals surface area contributed by atoms with Crippen molar-refractivity contribution in [1.29, 1.82) is 0 Å².